The van der Waals surface area contributed by atoms with E-state index in [4.69, 9.17) is 4.99 Å². The van der Waals surface area contributed by atoms with E-state index in [9.17, 15) is 13.2 Å². The molecule has 7 nitrogen and oxygen atoms in total. The van der Waals surface area contributed by atoms with Gasteiger partial charge in [0.05, 0.1) is 0 Å². The fourth-order valence-electron chi connectivity index (χ4n) is 4.37. The SMILES string of the molecule is CCC1=N[C@]2(CC[C@H]3CN(S(=O)(=O)N(C)C)C[C@H]32)C(=O)N1CC. The molecule has 0 unspecified atom stereocenters. The molecule has 3 atom stereocenters. The predicted octanol–water partition coefficient (Wildman–Crippen LogP) is 0.544. The van der Waals surface area contributed by atoms with Gasteiger partial charge in [-0.25, -0.2) is 0 Å². The van der Waals surface area contributed by atoms with Crippen LogP contribution in [-0.2, 0) is 15.0 Å². The molecular formula is C15H26N4O3S. The molecule has 0 aromatic rings. The van der Waals surface area contributed by atoms with Crippen LogP contribution in [0.5, 0.6) is 0 Å². The number of hydrogen-bond acceptors (Lipinski definition) is 4. The first-order valence-corrected chi connectivity index (χ1v) is 9.76. The number of rotatable bonds is 4. The average molecular weight is 342 g/mol. The molecule has 0 aromatic carbocycles. The monoisotopic (exact) mass is 342 g/mol. The van der Waals surface area contributed by atoms with E-state index in [1.54, 1.807) is 19.0 Å². The Morgan fingerprint density at radius 2 is 2.00 bits per heavy atom. The van der Waals surface area contributed by atoms with Gasteiger partial charge in [-0.1, -0.05) is 6.92 Å². The highest BCUT2D eigenvalue weighted by molar-refractivity contribution is 7.86. The molecule has 1 saturated carbocycles. The van der Waals surface area contributed by atoms with Crippen molar-refractivity contribution >= 4 is 22.0 Å². The summed E-state index contributed by atoms with van der Waals surface area (Å²) in [5.41, 5.74) is -0.720. The maximum absolute atomic E-state index is 13.0. The van der Waals surface area contributed by atoms with Gasteiger partial charge in [-0.2, -0.15) is 17.0 Å². The summed E-state index contributed by atoms with van der Waals surface area (Å²) in [6.45, 7) is 5.51. The lowest BCUT2D eigenvalue weighted by atomic mass is 9.85. The molecule has 23 heavy (non-hydrogen) atoms. The van der Waals surface area contributed by atoms with E-state index in [1.807, 2.05) is 13.8 Å². The van der Waals surface area contributed by atoms with Crippen LogP contribution in [0.1, 0.15) is 33.1 Å². The van der Waals surface area contributed by atoms with E-state index in [-0.39, 0.29) is 17.7 Å². The topological polar surface area (TPSA) is 73.3 Å². The van der Waals surface area contributed by atoms with Gasteiger partial charge in [-0.05, 0) is 25.7 Å². The normalized spacial score (nSPS) is 34.7. The van der Waals surface area contributed by atoms with E-state index in [2.05, 4.69) is 0 Å². The average Bonchev–Trinajstić information content (AvgIpc) is 3.14. The summed E-state index contributed by atoms with van der Waals surface area (Å²) in [7, 11) is -0.332. The Balaban J connectivity index is 1.91. The second kappa shape index (κ2) is 5.53. The lowest BCUT2D eigenvalue weighted by Crippen LogP contribution is -2.47. The van der Waals surface area contributed by atoms with E-state index in [1.165, 1.54) is 8.61 Å². The van der Waals surface area contributed by atoms with Crippen molar-refractivity contribution in [2.45, 2.75) is 38.6 Å². The minimum absolute atomic E-state index is 0.00262. The Kier molecular flexibility index (Phi) is 4.05. The van der Waals surface area contributed by atoms with Crippen molar-refractivity contribution in [3.05, 3.63) is 0 Å². The second-order valence-corrected chi connectivity index (χ2v) is 9.01. The van der Waals surface area contributed by atoms with E-state index < -0.39 is 15.7 Å². The lowest BCUT2D eigenvalue weighted by Gasteiger charge is -2.28. The number of nitrogens with zero attached hydrogens (tertiary/aromatic N) is 4. The van der Waals surface area contributed by atoms with Crippen LogP contribution in [0.2, 0.25) is 0 Å². The largest absolute Gasteiger partial charge is 0.299 e. The Bertz CT molecular complexity index is 645. The number of fused-ring (bicyclic) bond motifs is 2. The van der Waals surface area contributed by atoms with E-state index >= 15 is 0 Å². The van der Waals surface area contributed by atoms with Gasteiger partial charge in [0.25, 0.3) is 16.1 Å². The maximum atomic E-state index is 13.0. The Hall–Kier alpha value is -0.990. The van der Waals surface area contributed by atoms with Crippen LogP contribution in [0, 0.1) is 11.8 Å². The van der Waals surface area contributed by atoms with Crippen LogP contribution >= 0.6 is 0 Å². The molecule has 2 aliphatic heterocycles. The number of carbonyl (C=O) groups excluding carboxylic acids is 1. The Labute approximate surface area is 138 Å². The highest BCUT2D eigenvalue weighted by atomic mass is 32.2. The van der Waals surface area contributed by atoms with Crippen molar-refractivity contribution in [1.82, 2.24) is 13.5 Å². The third kappa shape index (κ3) is 2.26. The molecule has 0 N–H and O–H groups in total. The molecule has 8 heteroatoms. The number of aliphatic imine (C=N–C) groups is 1. The molecule has 0 bridgehead atoms. The minimum atomic E-state index is -3.43. The molecule has 0 radical (unpaired) electrons. The molecule has 2 fully saturated rings. The molecule has 130 valence electrons. The van der Waals surface area contributed by atoms with Crippen molar-refractivity contribution in [1.29, 1.82) is 0 Å². The van der Waals surface area contributed by atoms with Crippen LogP contribution in [-0.4, -0.2) is 72.9 Å². The fourth-order valence-corrected chi connectivity index (χ4v) is 5.56. The quantitative estimate of drug-likeness (QED) is 0.749. The molecule has 2 heterocycles. The zero-order valence-corrected chi connectivity index (χ0v) is 15.1. The molecule has 1 saturated heterocycles. The molecular weight excluding hydrogens is 316 g/mol. The molecule has 3 aliphatic rings. The molecule has 3 rings (SSSR count). The summed E-state index contributed by atoms with van der Waals surface area (Å²) in [6, 6.07) is 0. The van der Waals surface area contributed by atoms with Crippen LogP contribution in [0.25, 0.3) is 0 Å². The lowest BCUT2D eigenvalue weighted by molar-refractivity contribution is -0.132. The van der Waals surface area contributed by atoms with Crippen LogP contribution in [0.15, 0.2) is 4.99 Å². The molecule has 1 amide bonds. The summed E-state index contributed by atoms with van der Waals surface area (Å²) in [4.78, 5) is 19.6. The van der Waals surface area contributed by atoms with Crippen molar-refractivity contribution in [2.24, 2.45) is 16.8 Å². The predicted molar refractivity (Wildman–Crippen MR) is 88.2 cm³/mol. The smallest absolute Gasteiger partial charge is 0.281 e. The number of amidine groups is 1. The highest BCUT2D eigenvalue weighted by Gasteiger charge is 2.61. The second-order valence-electron chi connectivity index (χ2n) is 6.87. The van der Waals surface area contributed by atoms with Crippen LogP contribution in [0.3, 0.4) is 0 Å². The number of hydrogen-bond donors (Lipinski definition) is 0. The number of likely N-dealkylation sites (N-methyl/N-ethyl adjacent to an activating group) is 1. The van der Waals surface area contributed by atoms with E-state index in [0.717, 1.165) is 25.1 Å². The van der Waals surface area contributed by atoms with Gasteiger partial charge in [0, 0.05) is 46.1 Å². The van der Waals surface area contributed by atoms with Crippen LogP contribution < -0.4 is 0 Å². The summed E-state index contributed by atoms with van der Waals surface area (Å²) >= 11 is 0. The van der Waals surface area contributed by atoms with Gasteiger partial charge in [-0.3, -0.25) is 14.7 Å². The van der Waals surface area contributed by atoms with Crippen molar-refractivity contribution in [3.8, 4) is 0 Å². The fraction of sp³-hybridized carbons (Fsp3) is 0.867. The van der Waals surface area contributed by atoms with E-state index in [0.29, 0.717) is 19.6 Å². The summed E-state index contributed by atoms with van der Waals surface area (Å²) < 4.78 is 27.6. The zero-order chi connectivity index (χ0) is 17.0. The number of carbonyl (C=O) groups is 1. The minimum Gasteiger partial charge on any atom is -0.299 e. The zero-order valence-electron chi connectivity index (χ0n) is 14.3. The first-order chi connectivity index (χ1) is 10.8. The summed E-state index contributed by atoms with van der Waals surface area (Å²) in [5.74, 6) is 1.16. The molecule has 1 aliphatic carbocycles. The van der Waals surface area contributed by atoms with Gasteiger partial charge in [0.2, 0.25) is 0 Å². The van der Waals surface area contributed by atoms with Gasteiger partial charge in [0.1, 0.15) is 11.4 Å². The number of amides is 1. The van der Waals surface area contributed by atoms with Crippen molar-refractivity contribution in [2.75, 3.05) is 33.7 Å². The third-order valence-electron chi connectivity index (χ3n) is 5.59. The van der Waals surface area contributed by atoms with Crippen LogP contribution in [0.4, 0.5) is 0 Å². The maximum Gasteiger partial charge on any atom is 0.281 e. The standard InChI is InChI=1S/C15H26N4O3S/c1-5-13-16-15(14(20)19(13)6-2)8-7-11-9-18(10-12(11)15)23(21,22)17(3)4/h11-12H,5-10H2,1-4H3/t11-,12+,15-/m0/s1. The van der Waals surface area contributed by atoms with Gasteiger partial charge < -0.3 is 0 Å². The summed E-state index contributed by atoms with van der Waals surface area (Å²) in [6.07, 6.45) is 2.35. The van der Waals surface area contributed by atoms with Gasteiger partial charge in [-0.15, -0.1) is 0 Å². The third-order valence-corrected chi connectivity index (χ3v) is 7.47. The van der Waals surface area contributed by atoms with Crippen molar-refractivity contribution in [3.63, 3.8) is 0 Å². The van der Waals surface area contributed by atoms with Crippen molar-refractivity contribution < 1.29 is 13.2 Å². The first kappa shape index (κ1) is 16.9. The summed E-state index contributed by atoms with van der Waals surface area (Å²) in [5, 5.41) is 0. The highest BCUT2D eigenvalue weighted by Crippen LogP contribution is 2.50. The molecule has 0 aromatic heterocycles. The Morgan fingerprint density at radius 3 is 2.52 bits per heavy atom. The van der Waals surface area contributed by atoms with Gasteiger partial charge >= 0.3 is 0 Å². The first-order valence-electron chi connectivity index (χ1n) is 8.36. The Morgan fingerprint density at radius 1 is 1.30 bits per heavy atom. The molecule has 1 spiro atoms. The van der Waals surface area contributed by atoms with Gasteiger partial charge in [0.15, 0.2) is 0 Å².